The van der Waals surface area contributed by atoms with Crippen LogP contribution >= 0.6 is 39.1 Å². The molecule has 0 aliphatic carbocycles. The lowest BCUT2D eigenvalue weighted by molar-refractivity contribution is 0.918. The zero-order valence-electron chi connectivity index (χ0n) is 6.43. The van der Waals surface area contributed by atoms with Crippen molar-refractivity contribution in [1.29, 1.82) is 0 Å². The fourth-order valence-corrected chi connectivity index (χ4v) is 2.08. The Morgan fingerprint density at radius 3 is 2.33 bits per heavy atom. The average molecular weight is 268 g/mol. The van der Waals surface area contributed by atoms with E-state index in [1.807, 2.05) is 24.3 Å². The maximum Gasteiger partial charge on any atom is 0.0406 e. The summed E-state index contributed by atoms with van der Waals surface area (Å²) in [4.78, 5) is 0.340. The SMILES string of the molecule is ClCC[C@H](Br)c1ccc(Cl)cc1. The van der Waals surface area contributed by atoms with Gasteiger partial charge in [-0.3, -0.25) is 0 Å². The molecule has 0 unspecified atom stereocenters. The van der Waals surface area contributed by atoms with Gasteiger partial charge in [-0.2, -0.15) is 0 Å². The highest BCUT2D eigenvalue weighted by atomic mass is 79.9. The number of alkyl halides is 2. The van der Waals surface area contributed by atoms with Gasteiger partial charge in [-0.05, 0) is 24.1 Å². The third-order valence-electron chi connectivity index (χ3n) is 1.59. The van der Waals surface area contributed by atoms with E-state index < -0.39 is 0 Å². The number of hydrogen-bond donors (Lipinski definition) is 0. The van der Waals surface area contributed by atoms with Gasteiger partial charge < -0.3 is 0 Å². The van der Waals surface area contributed by atoms with Gasteiger partial charge in [0.1, 0.15) is 0 Å². The second-order valence-electron chi connectivity index (χ2n) is 2.50. The Morgan fingerprint density at radius 1 is 1.25 bits per heavy atom. The predicted octanol–water partition coefficient (Wildman–Crippen LogP) is 4.40. The molecule has 1 rings (SSSR count). The summed E-state index contributed by atoms with van der Waals surface area (Å²) in [6, 6.07) is 7.79. The molecular formula is C9H9BrCl2. The molecule has 0 bridgehead atoms. The predicted molar refractivity (Wildman–Crippen MR) is 58.5 cm³/mol. The van der Waals surface area contributed by atoms with Crippen molar-refractivity contribution in [2.75, 3.05) is 5.88 Å². The molecule has 0 saturated carbocycles. The molecule has 12 heavy (non-hydrogen) atoms. The molecule has 1 aromatic carbocycles. The van der Waals surface area contributed by atoms with Crippen LogP contribution in [0.25, 0.3) is 0 Å². The van der Waals surface area contributed by atoms with E-state index in [1.165, 1.54) is 5.56 Å². The summed E-state index contributed by atoms with van der Waals surface area (Å²) in [7, 11) is 0. The topological polar surface area (TPSA) is 0 Å². The second kappa shape index (κ2) is 5.11. The Bertz CT molecular complexity index is 233. The average Bonchev–Trinajstić information content (AvgIpc) is 2.06. The van der Waals surface area contributed by atoms with E-state index in [1.54, 1.807) is 0 Å². The summed E-state index contributed by atoms with van der Waals surface area (Å²) < 4.78 is 0. The van der Waals surface area contributed by atoms with E-state index in [0.29, 0.717) is 10.7 Å². The van der Waals surface area contributed by atoms with Crippen molar-refractivity contribution < 1.29 is 0 Å². The molecule has 66 valence electrons. The molecule has 0 N–H and O–H groups in total. The zero-order chi connectivity index (χ0) is 8.97. The van der Waals surface area contributed by atoms with Crippen molar-refractivity contribution in [3.8, 4) is 0 Å². The molecule has 3 heteroatoms. The first-order valence-electron chi connectivity index (χ1n) is 3.69. The van der Waals surface area contributed by atoms with Gasteiger partial charge in [0.25, 0.3) is 0 Å². The number of rotatable bonds is 3. The van der Waals surface area contributed by atoms with Crippen LogP contribution < -0.4 is 0 Å². The number of benzene rings is 1. The minimum Gasteiger partial charge on any atom is -0.127 e. The first-order valence-corrected chi connectivity index (χ1v) is 5.52. The summed E-state index contributed by atoms with van der Waals surface area (Å²) in [5, 5.41) is 0.768. The van der Waals surface area contributed by atoms with E-state index in [0.717, 1.165) is 11.4 Å². The largest absolute Gasteiger partial charge is 0.127 e. The van der Waals surface area contributed by atoms with Crippen LogP contribution in [0, 0.1) is 0 Å². The molecule has 0 radical (unpaired) electrons. The molecule has 0 spiro atoms. The lowest BCUT2D eigenvalue weighted by Crippen LogP contribution is -1.89. The Labute approximate surface area is 91.0 Å². The van der Waals surface area contributed by atoms with Gasteiger partial charge in [-0.1, -0.05) is 39.7 Å². The first-order chi connectivity index (χ1) is 5.74. The van der Waals surface area contributed by atoms with Gasteiger partial charge in [-0.15, -0.1) is 11.6 Å². The quantitative estimate of drug-likeness (QED) is 0.712. The molecule has 1 aromatic rings. The van der Waals surface area contributed by atoms with Gasteiger partial charge in [0.05, 0.1) is 0 Å². The highest BCUT2D eigenvalue weighted by molar-refractivity contribution is 9.09. The first kappa shape index (κ1) is 10.4. The Balaban J connectivity index is 2.68. The van der Waals surface area contributed by atoms with Gasteiger partial charge in [0, 0.05) is 15.7 Å². The lowest BCUT2D eigenvalue weighted by Gasteiger charge is -2.07. The number of halogens is 3. The molecule has 0 aromatic heterocycles. The molecule has 0 fully saturated rings. The van der Waals surface area contributed by atoms with Gasteiger partial charge in [-0.25, -0.2) is 0 Å². The molecule has 0 saturated heterocycles. The monoisotopic (exact) mass is 266 g/mol. The Morgan fingerprint density at radius 2 is 1.83 bits per heavy atom. The van der Waals surface area contributed by atoms with Crippen LogP contribution in [-0.2, 0) is 0 Å². The van der Waals surface area contributed by atoms with Crippen molar-refractivity contribution >= 4 is 39.1 Å². The highest BCUT2D eigenvalue weighted by Crippen LogP contribution is 2.27. The van der Waals surface area contributed by atoms with Crippen molar-refractivity contribution in [2.45, 2.75) is 11.2 Å². The van der Waals surface area contributed by atoms with Crippen molar-refractivity contribution in [3.63, 3.8) is 0 Å². The standard InChI is InChI=1S/C9H9BrCl2/c10-9(5-6-11)7-1-3-8(12)4-2-7/h1-4,9H,5-6H2/t9-/m0/s1. The Kier molecular flexibility index (Phi) is 4.41. The third kappa shape index (κ3) is 2.96. The second-order valence-corrected chi connectivity index (χ2v) is 4.42. The van der Waals surface area contributed by atoms with Crippen LogP contribution in [0.3, 0.4) is 0 Å². The molecule has 0 nitrogen and oxygen atoms in total. The fourth-order valence-electron chi connectivity index (χ4n) is 0.934. The normalized spacial score (nSPS) is 12.9. The molecule has 0 aliphatic heterocycles. The minimum absolute atomic E-state index is 0.340. The van der Waals surface area contributed by atoms with Crippen LogP contribution in [0.15, 0.2) is 24.3 Å². The summed E-state index contributed by atoms with van der Waals surface area (Å²) in [6.45, 7) is 0. The zero-order valence-corrected chi connectivity index (χ0v) is 9.53. The van der Waals surface area contributed by atoms with Crippen molar-refractivity contribution in [2.24, 2.45) is 0 Å². The van der Waals surface area contributed by atoms with E-state index >= 15 is 0 Å². The molecule has 1 atom stereocenters. The number of hydrogen-bond acceptors (Lipinski definition) is 0. The van der Waals surface area contributed by atoms with Crippen molar-refractivity contribution in [3.05, 3.63) is 34.9 Å². The maximum absolute atomic E-state index is 5.75. The molecule has 0 aliphatic rings. The highest BCUT2D eigenvalue weighted by Gasteiger charge is 2.05. The van der Waals surface area contributed by atoms with Crippen LogP contribution in [0.1, 0.15) is 16.8 Å². The third-order valence-corrected chi connectivity index (χ3v) is 3.05. The van der Waals surface area contributed by atoms with E-state index in [2.05, 4.69) is 15.9 Å². The summed E-state index contributed by atoms with van der Waals surface area (Å²) in [6.07, 6.45) is 0.934. The summed E-state index contributed by atoms with van der Waals surface area (Å²) >= 11 is 14.9. The van der Waals surface area contributed by atoms with Crippen LogP contribution in [0.5, 0.6) is 0 Å². The summed E-state index contributed by atoms with van der Waals surface area (Å²) in [5.41, 5.74) is 1.22. The van der Waals surface area contributed by atoms with E-state index in [9.17, 15) is 0 Å². The molecular weight excluding hydrogens is 259 g/mol. The van der Waals surface area contributed by atoms with Crippen molar-refractivity contribution in [1.82, 2.24) is 0 Å². The van der Waals surface area contributed by atoms with Crippen LogP contribution in [-0.4, -0.2) is 5.88 Å². The van der Waals surface area contributed by atoms with Crippen LogP contribution in [0.2, 0.25) is 5.02 Å². The maximum atomic E-state index is 5.75. The summed E-state index contributed by atoms with van der Waals surface area (Å²) in [5.74, 6) is 0.665. The molecule has 0 amide bonds. The Hall–Kier alpha value is 0.280. The molecule has 0 heterocycles. The van der Waals surface area contributed by atoms with E-state index in [4.69, 9.17) is 23.2 Å². The fraction of sp³-hybridized carbons (Fsp3) is 0.333. The van der Waals surface area contributed by atoms with E-state index in [-0.39, 0.29) is 0 Å². The minimum atomic E-state index is 0.340. The van der Waals surface area contributed by atoms with Crippen LogP contribution in [0.4, 0.5) is 0 Å². The van der Waals surface area contributed by atoms with Gasteiger partial charge in [0.2, 0.25) is 0 Å². The van der Waals surface area contributed by atoms with Gasteiger partial charge >= 0.3 is 0 Å². The lowest BCUT2D eigenvalue weighted by atomic mass is 10.1. The van der Waals surface area contributed by atoms with Gasteiger partial charge in [0.15, 0.2) is 0 Å². The smallest absolute Gasteiger partial charge is 0.0406 e.